The van der Waals surface area contributed by atoms with Crippen LogP contribution < -0.4 is 11.0 Å². The first-order chi connectivity index (χ1) is 10.9. The summed E-state index contributed by atoms with van der Waals surface area (Å²) in [4.78, 5) is 32.2. The summed E-state index contributed by atoms with van der Waals surface area (Å²) in [7, 11) is 0. The fourth-order valence-electron chi connectivity index (χ4n) is 2.20. The fourth-order valence-corrected chi connectivity index (χ4v) is 3.07. The van der Waals surface area contributed by atoms with Crippen LogP contribution >= 0.6 is 11.3 Å². The van der Waals surface area contributed by atoms with Crippen LogP contribution in [0.2, 0.25) is 0 Å². The van der Waals surface area contributed by atoms with E-state index in [0.717, 1.165) is 16.4 Å². The SMILES string of the molecule is Cc1cc(C)n(CC(=O)NCCc2csc(C(C)C)n2)c(=O)n1. The van der Waals surface area contributed by atoms with E-state index in [0.29, 0.717) is 24.6 Å². The smallest absolute Gasteiger partial charge is 0.348 e. The highest BCUT2D eigenvalue weighted by Crippen LogP contribution is 2.19. The number of carbonyl (C=O) groups excluding carboxylic acids is 1. The van der Waals surface area contributed by atoms with Crippen molar-refractivity contribution in [2.45, 2.75) is 46.6 Å². The summed E-state index contributed by atoms with van der Waals surface area (Å²) in [5.41, 5.74) is 2.00. The van der Waals surface area contributed by atoms with Crippen molar-refractivity contribution in [2.24, 2.45) is 0 Å². The maximum atomic E-state index is 12.0. The van der Waals surface area contributed by atoms with Gasteiger partial charge in [-0.05, 0) is 19.9 Å². The minimum atomic E-state index is -0.390. The molecule has 1 N–H and O–H groups in total. The van der Waals surface area contributed by atoms with Crippen LogP contribution in [0.3, 0.4) is 0 Å². The lowest BCUT2D eigenvalue weighted by atomic mass is 10.2. The van der Waals surface area contributed by atoms with Gasteiger partial charge in [0.05, 0.1) is 10.7 Å². The molecule has 2 aromatic rings. The maximum absolute atomic E-state index is 12.0. The van der Waals surface area contributed by atoms with Gasteiger partial charge in [0, 0.05) is 35.7 Å². The largest absolute Gasteiger partial charge is 0.354 e. The molecule has 2 aromatic heterocycles. The van der Waals surface area contributed by atoms with E-state index in [4.69, 9.17) is 0 Å². The van der Waals surface area contributed by atoms with Gasteiger partial charge in [0.15, 0.2) is 0 Å². The van der Waals surface area contributed by atoms with E-state index >= 15 is 0 Å². The predicted octanol–water partition coefficient (Wildman–Crippen LogP) is 1.80. The molecular formula is C16H22N4O2S. The Morgan fingerprint density at radius 2 is 2.09 bits per heavy atom. The van der Waals surface area contributed by atoms with Crippen LogP contribution in [-0.2, 0) is 17.8 Å². The number of hydrogen-bond acceptors (Lipinski definition) is 5. The van der Waals surface area contributed by atoms with Crippen molar-refractivity contribution in [2.75, 3.05) is 6.54 Å². The summed E-state index contributed by atoms with van der Waals surface area (Å²) < 4.78 is 1.38. The number of aromatic nitrogens is 3. The Morgan fingerprint density at radius 3 is 2.70 bits per heavy atom. The van der Waals surface area contributed by atoms with E-state index < -0.39 is 5.69 Å². The molecule has 0 bridgehead atoms. The Balaban J connectivity index is 1.87. The number of rotatable bonds is 6. The zero-order valence-electron chi connectivity index (χ0n) is 13.9. The molecule has 0 aliphatic rings. The zero-order chi connectivity index (χ0) is 17.0. The molecule has 1 amide bonds. The van der Waals surface area contributed by atoms with Gasteiger partial charge in [0.2, 0.25) is 5.91 Å². The maximum Gasteiger partial charge on any atom is 0.348 e. The van der Waals surface area contributed by atoms with Gasteiger partial charge in [-0.15, -0.1) is 11.3 Å². The third-order valence-corrected chi connectivity index (χ3v) is 4.61. The highest BCUT2D eigenvalue weighted by Gasteiger charge is 2.09. The van der Waals surface area contributed by atoms with Crippen molar-refractivity contribution in [3.05, 3.63) is 44.0 Å². The minimum Gasteiger partial charge on any atom is -0.354 e. The molecule has 0 radical (unpaired) electrons. The van der Waals surface area contributed by atoms with E-state index in [1.165, 1.54) is 4.57 Å². The van der Waals surface area contributed by atoms with Crippen molar-refractivity contribution in [1.29, 1.82) is 0 Å². The molecule has 2 heterocycles. The number of hydrogen-bond donors (Lipinski definition) is 1. The van der Waals surface area contributed by atoms with Gasteiger partial charge in [-0.1, -0.05) is 13.8 Å². The van der Waals surface area contributed by atoms with Gasteiger partial charge >= 0.3 is 5.69 Å². The topological polar surface area (TPSA) is 76.9 Å². The highest BCUT2D eigenvalue weighted by molar-refractivity contribution is 7.09. The fraction of sp³-hybridized carbons (Fsp3) is 0.500. The predicted molar refractivity (Wildman–Crippen MR) is 90.9 cm³/mol. The van der Waals surface area contributed by atoms with Crippen LogP contribution in [0.4, 0.5) is 0 Å². The number of amides is 1. The Bertz CT molecular complexity index is 749. The second kappa shape index (κ2) is 7.50. The number of thiazole rings is 1. The molecule has 0 fully saturated rings. The Hall–Kier alpha value is -2.02. The molecule has 0 saturated carbocycles. The standard InChI is InChI=1S/C16H22N4O2S/c1-10(2)15-19-13(9-23-15)5-6-17-14(21)8-20-12(4)7-11(3)18-16(20)22/h7,9-10H,5-6,8H2,1-4H3,(H,17,21). The summed E-state index contributed by atoms with van der Waals surface area (Å²) in [5, 5.41) is 5.96. The highest BCUT2D eigenvalue weighted by atomic mass is 32.1. The molecule has 0 atom stereocenters. The molecular weight excluding hydrogens is 312 g/mol. The Kier molecular flexibility index (Phi) is 5.65. The lowest BCUT2D eigenvalue weighted by Crippen LogP contribution is -2.35. The molecule has 0 aromatic carbocycles. The lowest BCUT2D eigenvalue weighted by Gasteiger charge is -2.09. The molecule has 124 valence electrons. The van der Waals surface area contributed by atoms with E-state index in [1.54, 1.807) is 31.3 Å². The van der Waals surface area contributed by atoms with E-state index in [2.05, 4.69) is 29.1 Å². The van der Waals surface area contributed by atoms with Crippen LogP contribution in [0, 0.1) is 13.8 Å². The first-order valence-corrected chi connectivity index (χ1v) is 8.51. The molecule has 23 heavy (non-hydrogen) atoms. The normalized spacial score (nSPS) is 11.0. The van der Waals surface area contributed by atoms with Gasteiger partial charge in [-0.3, -0.25) is 9.36 Å². The van der Waals surface area contributed by atoms with Crippen molar-refractivity contribution in [1.82, 2.24) is 19.9 Å². The molecule has 0 unspecified atom stereocenters. The number of aryl methyl sites for hydroxylation is 2. The molecule has 6 nitrogen and oxygen atoms in total. The average Bonchev–Trinajstić information content (AvgIpc) is 2.92. The average molecular weight is 334 g/mol. The summed E-state index contributed by atoms with van der Waals surface area (Å²) in [6.45, 7) is 8.28. The lowest BCUT2D eigenvalue weighted by molar-refractivity contribution is -0.121. The van der Waals surface area contributed by atoms with Crippen LogP contribution in [0.1, 0.15) is 41.9 Å². The van der Waals surface area contributed by atoms with Gasteiger partial charge in [-0.25, -0.2) is 9.78 Å². The second-order valence-electron chi connectivity index (χ2n) is 5.84. The molecule has 0 aliphatic carbocycles. The van der Waals surface area contributed by atoms with Crippen LogP contribution in [0.5, 0.6) is 0 Å². The number of nitrogens with zero attached hydrogens (tertiary/aromatic N) is 3. The molecule has 0 spiro atoms. The van der Waals surface area contributed by atoms with Crippen molar-refractivity contribution < 1.29 is 4.79 Å². The first kappa shape index (κ1) is 17.3. The third kappa shape index (κ3) is 4.72. The first-order valence-electron chi connectivity index (χ1n) is 7.63. The monoisotopic (exact) mass is 334 g/mol. The van der Waals surface area contributed by atoms with E-state index in [9.17, 15) is 9.59 Å². The second-order valence-corrected chi connectivity index (χ2v) is 6.73. The van der Waals surface area contributed by atoms with E-state index in [-0.39, 0.29) is 12.5 Å². The number of nitrogens with one attached hydrogen (secondary N) is 1. The molecule has 2 rings (SSSR count). The Morgan fingerprint density at radius 1 is 1.35 bits per heavy atom. The number of carbonyl (C=O) groups is 1. The third-order valence-electron chi connectivity index (χ3n) is 3.41. The van der Waals surface area contributed by atoms with Gasteiger partial charge in [0.1, 0.15) is 6.54 Å². The zero-order valence-corrected chi connectivity index (χ0v) is 14.7. The summed E-state index contributed by atoms with van der Waals surface area (Å²) in [6, 6.07) is 1.79. The van der Waals surface area contributed by atoms with Gasteiger partial charge in [0.25, 0.3) is 0 Å². The van der Waals surface area contributed by atoms with Crippen molar-refractivity contribution >= 4 is 17.2 Å². The summed E-state index contributed by atoms with van der Waals surface area (Å²) >= 11 is 1.65. The van der Waals surface area contributed by atoms with Crippen LogP contribution in [-0.4, -0.2) is 27.0 Å². The van der Waals surface area contributed by atoms with Crippen LogP contribution in [0.25, 0.3) is 0 Å². The van der Waals surface area contributed by atoms with Gasteiger partial charge < -0.3 is 5.32 Å². The van der Waals surface area contributed by atoms with E-state index in [1.807, 2.05) is 5.38 Å². The Labute approximate surface area is 139 Å². The molecule has 0 aliphatic heterocycles. The van der Waals surface area contributed by atoms with Crippen LogP contribution in [0.15, 0.2) is 16.2 Å². The summed E-state index contributed by atoms with van der Waals surface area (Å²) in [5.74, 6) is 0.229. The van der Waals surface area contributed by atoms with Crippen molar-refractivity contribution in [3.63, 3.8) is 0 Å². The molecule has 7 heteroatoms. The minimum absolute atomic E-state index is 0.00768. The summed E-state index contributed by atoms with van der Waals surface area (Å²) in [6.07, 6.45) is 0.689. The quantitative estimate of drug-likeness (QED) is 0.874. The van der Waals surface area contributed by atoms with Gasteiger partial charge in [-0.2, -0.15) is 4.98 Å². The molecule has 0 saturated heterocycles. The van der Waals surface area contributed by atoms with Crippen molar-refractivity contribution in [3.8, 4) is 0 Å².